The van der Waals surface area contributed by atoms with E-state index in [4.69, 9.17) is 0 Å². The van der Waals surface area contributed by atoms with Crippen LogP contribution in [0.5, 0.6) is 5.75 Å². The number of carbonyl (C=O) groups is 2. The summed E-state index contributed by atoms with van der Waals surface area (Å²) >= 11 is 0. The van der Waals surface area contributed by atoms with Crippen molar-refractivity contribution in [3.05, 3.63) is 24.3 Å². The summed E-state index contributed by atoms with van der Waals surface area (Å²) in [5.74, 6) is 0.433. The molecule has 1 saturated carbocycles. The average Bonchev–Trinajstić information content (AvgIpc) is 3.39. The molecular weight excluding hydrogens is 320 g/mol. The Morgan fingerprint density at radius 2 is 1.84 bits per heavy atom. The van der Waals surface area contributed by atoms with Crippen molar-refractivity contribution in [2.75, 3.05) is 37.6 Å². The fourth-order valence-electron chi connectivity index (χ4n) is 3.72. The molecule has 0 spiro atoms. The minimum atomic E-state index is -0.0904. The molecule has 1 aromatic rings. The van der Waals surface area contributed by atoms with Gasteiger partial charge in [0.15, 0.2) is 0 Å². The predicted molar refractivity (Wildman–Crippen MR) is 93.6 cm³/mol. The number of aromatic hydroxyl groups is 1. The van der Waals surface area contributed by atoms with Gasteiger partial charge in [-0.25, -0.2) is 4.79 Å². The highest BCUT2D eigenvalue weighted by Crippen LogP contribution is 2.31. The third kappa shape index (κ3) is 3.36. The minimum absolute atomic E-state index is 0.0724. The largest absolute Gasteiger partial charge is 0.506 e. The highest BCUT2D eigenvalue weighted by Gasteiger charge is 2.40. The molecule has 2 heterocycles. The molecule has 4 rings (SSSR count). The van der Waals surface area contributed by atoms with E-state index in [0.717, 1.165) is 18.5 Å². The number of carbonyl (C=O) groups excluding carboxylic acids is 2. The molecule has 0 radical (unpaired) electrons. The van der Waals surface area contributed by atoms with Crippen molar-refractivity contribution < 1.29 is 14.7 Å². The van der Waals surface area contributed by atoms with E-state index >= 15 is 0 Å². The van der Waals surface area contributed by atoms with Crippen LogP contribution in [0.1, 0.15) is 19.3 Å². The van der Waals surface area contributed by atoms with Gasteiger partial charge in [0.1, 0.15) is 5.75 Å². The number of piperazine rings is 1. The fraction of sp³-hybridized carbons (Fsp3) is 0.556. The van der Waals surface area contributed by atoms with Gasteiger partial charge in [-0.2, -0.15) is 0 Å². The summed E-state index contributed by atoms with van der Waals surface area (Å²) in [6.07, 6.45) is 2.61. The first-order valence-electron chi connectivity index (χ1n) is 8.99. The summed E-state index contributed by atoms with van der Waals surface area (Å²) in [6, 6.07) is 7.52. The van der Waals surface area contributed by atoms with Crippen LogP contribution in [0.2, 0.25) is 0 Å². The number of hydrogen-bond donors (Lipinski definition) is 2. The maximum atomic E-state index is 12.5. The average molecular weight is 344 g/mol. The van der Waals surface area contributed by atoms with E-state index < -0.39 is 0 Å². The molecule has 1 aliphatic carbocycles. The first-order chi connectivity index (χ1) is 12.1. The Morgan fingerprint density at radius 1 is 1.12 bits per heavy atom. The number of likely N-dealkylation sites (tertiary alicyclic amines) is 1. The highest BCUT2D eigenvalue weighted by molar-refractivity contribution is 5.82. The smallest absolute Gasteiger partial charge is 0.317 e. The van der Waals surface area contributed by atoms with Crippen molar-refractivity contribution in [1.82, 2.24) is 15.1 Å². The molecule has 2 saturated heterocycles. The Hall–Kier alpha value is -2.44. The third-order valence-electron chi connectivity index (χ3n) is 5.26. The van der Waals surface area contributed by atoms with Gasteiger partial charge in [0, 0.05) is 45.2 Å². The quantitative estimate of drug-likeness (QED) is 0.857. The second-order valence-corrected chi connectivity index (χ2v) is 7.09. The molecule has 3 aliphatic rings. The van der Waals surface area contributed by atoms with Crippen LogP contribution < -0.4 is 10.2 Å². The molecular formula is C18H24N4O3. The minimum Gasteiger partial charge on any atom is -0.506 e. The first kappa shape index (κ1) is 16.1. The first-order valence-corrected chi connectivity index (χ1v) is 8.99. The van der Waals surface area contributed by atoms with Gasteiger partial charge in [-0.3, -0.25) is 4.79 Å². The van der Waals surface area contributed by atoms with Gasteiger partial charge in [-0.1, -0.05) is 12.1 Å². The number of phenols is 1. The zero-order valence-electron chi connectivity index (χ0n) is 14.2. The van der Waals surface area contributed by atoms with Crippen molar-refractivity contribution in [3.63, 3.8) is 0 Å². The molecule has 3 amide bonds. The maximum Gasteiger partial charge on any atom is 0.317 e. The molecule has 1 atom stereocenters. The van der Waals surface area contributed by atoms with E-state index in [1.165, 1.54) is 0 Å². The zero-order valence-corrected chi connectivity index (χ0v) is 14.2. The SMILES string of the molecule is O=C(NC1CC(=O)N(C2CC2)C1)N1CCN(c2ccccc2O)CC1. The second kappa shape index (κ2) is 6.46. The van der Waals surface area contributed by atoms with Gasteiger partial charge >= 0.3 is 6.03 Å². The summed E-state index contributed by atoms with van der Waals surface area (Å²) in [6.45, 7) is 3.22. The van der Waals surface area contributed by atoms with Crippen LogP contribution in [-0.2, 0) is 4.79 Å². The monoisotopic (exact) mass is 344 g/mol. The predicted octanol–water partition coefficient (Wildman–Crippen LogP) is 0.987. The number of nitrogens with one attached hydrogen (secondary N) is 1. The molecule has 1 unspecified atom stereocenters. The Balaban J connectivity index is 1.28. The number of para-hydroxylation sites is 2. The lowest BCUT2D eigenvalue weighted by molar-refractivity contribution is -0.128. The van der Waals surface area contributed by atoms with E-state index in [-0.39, 0.29) is 23.7 Å². The van der Waals surface area contributed by atoms with Crippen molar-refractivity contribution in [2.24, 2.45) is 0 Å². The summed E-state index contributed by atoms with van der Waals surface area (Å²) < 4.78 is 0. The van der Waals surface area contributed by atoms with E-state index in [1.54, 1.807) is 17.0 Å². The number of anilines is 1. The third-order valence-corrected chi connectivity index (χ3v) is 5.26. The Morgan fingerprint density at radius 3 is 2.52 bits per heavy atom. The van der Waals surface area contributed by atoms with Gasteiger partial charge in [-0.15, -0.1) is 0 Å². The van der Waals surface area contributed by atoms with E-state index in [9.17, 15) is 14.7 Å². The Bertz CT molecular complexity index is 668. The van der Waals surface area contributed by atoms with Gasteiger partial charge in [0.2, 0.25) is 5.91 Å². The van der Waals surface area contributed by atoms with Crippen LogP contribution in [-0.4, -0.2) is 71.7 Å². The molecule has 134 valence electrons. The molecule has 1 aromatic carbocycles. The zero-order chi connectivity index (χ0) is 17.4. The molecule has 3 fully saturated rings. The van der Waals surface area contributed by atoms with E-state index in [0.29, 0.717) is 45.2 Å². The topological polar surface area (TPSA) is 76.1 Å². The molecule has 0 aromatic heterocycles. The van der Waals surface area contributed by atoms with Crippen molar-refractivity contribution >= 4 is 17.6 Å². The van der Waals surface area contributed by atoms with Crippen LogP contribution >= 0.6 is 0 Å². The summed E-state index contributed by atoms with van der Waals surface area (Å²) in [5.41, 5.74) is 0.809. The van der Waals surface area contributed by atoms with Gasteiger partial charge in [0.25, 0.3) is 0 Å². The normalized spacial score (nSPS) is 23.9. The molecule has 7 nitrogen and oxygen atoms in total. The summed E-state index contributed by atoms with van der Waals surface area (Å²) in [4.78, 5) is 30.3. The molecule has 2 N–H and O–H groups in total. The van der Waals surface area contributed by atoms with Crippen molar-refractivity contribution in [3.8, 4) is 5.75 Å². The second-order valence-electron chi connectivity index (χ2n) is 7.09. The molecule has 7 heteroatoms. The van der Waals surface area contributed by atoms with Gasteiger partial charge < -0.3 is 25.1 Å². The molecule has 25 heavy (non-hydrogen) atoms. The lowest BCUT2D eigenvalue weighted by Gasteiger charge is -2.36. The Labute approximate surface area is 147 Å². The van der Waals surface area contributed by atoms with E-state index in [2.05, 4.69) is 10.2 Å². The Kier molecular flexibility index (Phi) is 4.15. The number of urea groups is 1. The highest BCUT2D eigenvalue weighted by atomic mass is 16.3. The lowest BCUT2D eigenvalue weighted by atomic mass is 10.2. The van der Waals surface area contributed by atoms with Crippen LogP contribution in [0.4, 0.5) is 10.5 Å². The maximum absolute atomic E-state index is 12.5. The van der Waals surface area contributed by atoms with Crippen molar-refractivity contribution in [2.45, 2.75) is 31.3 Å². The van der Waals surface area contributed by atoms with Crippen LogP contribution in [0, 0.1) is 0 Å². The van der Waals surface area contributed by atoms with Crippen LogP contribution in [0.25, 0.3) is 0 Å². The number of benzene rings is 1. The summed E-state index contributed by atoms with van der Waals surface area (Å²) in [7, 11) is 0. The van der Waals surface area contributed by atoms with Crippen LogP contribution in [0.3, 0.4) is 0 Å². The van der Waals surface area contributed by atoms with E-state index in [1.807, 2.05) is 17.0 Å². The summed E-state index contributed by atoms with van der Waals surface area (Å²) in [5, 5.41) is 13.0. The van der Waals surface area contributed by atoms with Crippen LogP contribution in [0.15, 0.2) is 24.3 Å². The number of phenolic OH excluding ortho intramolecular Hbond substituents is 1. The standard InChI is InChI=1S/C18H24N4O3/c23-16-4-2-1-3-15(16)20-7-9-21(10-8-20)18(25)19-13-11-17(24)22(12-13)14-5-6-14/h1-4,13-14,23H,5-12H2,(H,19,25). The fourth-order valence-corrected chi connectivity index (χ4v) is 3.72. The number of amides is 3. The molecule has 0 bridgehead atoms. The van der Waals surface area contributed by atoms with Crippen molar-refractivity contribution in [1.29, 1.82) is 0 Å². The number of rotatable bonds is 3. The van der Waals surface area contributed by atoms with Gasteiger partial charge in [-0.05, 0) is 25.0 Å². The molecule has 2 aliphatic heterocycles. The number of hydrogen-bond acceptors (Lipinski definition) is 4. The van der Waals surface area contributed by atoms with Gasteiger partial charge in [0.05, 0.1) is 11.7 Å². The number of nitrogens with zero attached hydrogens (tertiary/aromatic N) is 3. The lowest BCUT2D eigenvalue weighted by Crippen LogP contribution is -2.53.